The number of aromatic nitrogens is 1. The molecule has 0 aliphatic rings. The standard InChI is InChI=1S/C11H12N2O2/c1-15-7-12-11(14)10-6-8-4-2-3-5-9(8)13-10/h2-6,13H,7H2,1H3,(H,12,14). The van der Waals surface area contributed by atoms with Crippen molar-refractivity contribution < 1.29 is 9.53 Å². The first-order chi connectivity index (χ1) is 7.31. The van der Waals surface area contributed by atoms with Crippen molar-refractivity contribution in [2.75, 3.05) is 13.8 Å². The number of fused-ring (bicyclic) bond motifs is 1. The van der Waals surface area contributed by atoms with E-state index in [0.29, 0.717) is 5.69 Å². The van der Waals surface area contributed by atoms with Crippen molar-refractivity contribution in [2.24, 2.45) is 0 Å². The Labute approximate surface area is 87.2 Å². The van der Waals surface area contributed by atoms with E-state index < -0.39 is 0 Å². The van der Waals surface area contributed by atoms with Crippen LogP contribution in [0.15, 0.2) is 30.3 Å². The van der Waals surface area contributed by atoms with Gasteiger partial charge in [0, 0.05) is 18.0 Å². The van der Waals surface area contributed by atoms with Gasteiger partial charge in [-0.2, -0.15) is 0 Å². The summed E-state index contributed by atoms with van der Waals surface area (Å²) in [5.41, 5.74) is 1.51. The summed E-state index contributed by atoms with van der Waals surface area (Å²) >= 11 is 0. The van der Waals surface area contributed by atoms with Crippen LogP contribution in [0.2, 0.25) is 0 Å². The maximum absolute atomic E-state index is 11.6. The third-order valence-corrected chi connectivity index (χ3v) is 2.15. The van der Waals surface area contributed by atoms with Gasteiger partial charge >= 0.3 is 0 Å². The highest BCUT2D eigenvalue weighted by molar-refractivity contribution is 5.97. The highest BCUT2D eigenvalue weighted by Gasteiger charge is 2.07. The number of hydrogen-bond donors (Lipinski definition) is 2. The minimum absolute atomic E-state index is 0.159. The lowest BCUT2D eigenvalue weighted by Gasteiger charge is -2.00. The Morgan fingerprint density at radius 3 is 3.00 bits per heavy atom. The number of benzene rings is 1. The molecule has 2 rings (SSSR count). The Kier molecular flexibility index (Phi) is 2.69. The monoisotopic (exact) mass is 204 g/mol. The second kappa shape index (κ2) is 4.14. The smallest absolute Gasteiger partial charge is 0.269 e. The minimum atomic E-state index is -0.159. The van der Waals surface area contributed by atoms with Gasteiger partial charge in [0.1, 0.15) is 12.4 Å². The molecule has 0 saturated heterocycles. The fourth-order valence-corrected chi connectivity index (χ4v) is 1.43. The number of para-hydroxylation sites is 1. The molecule has 1 aromatic heterocycles. The van der Waals surface area contributed by atoms with Crippen molar-refractivity contribution in [3.63, 3.8) is 0 Å². The fraction of sp³-hybridized carbons (Fsp3) is 0.182. The number of carbonyl (C=O) groups is 1. The SMILES string of the molecule is COCNC(=O)c1cc2ccccc2[nH]1. The molecule has 78 valence electrons. The summed E-state index contributed by atoms with van der Waals surface area (Å²) in [6.07, 6.45) is 0. The van der Waals surface area contributed by atoms with Crippen LogP contribution >= 0.6 is 0 Å². The van der Waals surface area contributed by atoms with E-state index in [1.807, 2.05) is 30.3 Å². The third kappa shape index (κ3) is 1.99. The van der Waals surface area contributed by atoms with Crippen LogP contribution in [0, 0.1) is 0 Å². The largest absolute Gasteiger partial charge is 0.364 e. The lowest BCUT2D eigenvalue weighted by atomic mass is 10.2. The minimum Gasteiger partial charge on any atom is -0.364 e. The van der Waals surface area contributed by atoms with E-state index in [4.69, 9.17) is 4.74 Å². The molecule has 15 heavy (non-hydrogen) atoms. The van der Waals surface area contributed by atoms with Gasteiger partial charge in [-0.1, -0.05) is 18.2 Å². The van der Waals surface area contributed by atoms with E-state index in [1.54, 1.807) is 0 Å². The van der Waals surface area contributed by atoms with E-state index >= 15 is 0 Å². The van der Waals surface area contributed by atoms with Gasteiger partial charge in [0.2, 0.25) is 0 Å². The molecule has 0 spiro atoms. The van der Waals surface area contributed by atoms with E-state index in [2.05, 4.69) is 10.3 Å². The van der Waals surface area contributed by atoms with Gasteiger partial charge < -0.3 is 15.0 Å². The van der Waals surface area contributed by atoms with E-state index in [1.165, 1.54) is 7.11 Å². The molecule has 0 aliphatic carbocycles. The van der Waals surface area contributed by atoms with Gasteiger partial charge in [0.25, 0.3) is 5.91 Å². The number of carbonyl (C=O) groups excluding carboxylic acids is 1. The van der Waals surface area contributed by atoms with Crippen LogP contribution in [0.25, 0.3) is 10.9 Å². The summed E-state index contributed by atoms with van der Waals surface area (Å²) in [4.78, 5) is 14.6. The second-order valence-electron chi connectivity index (χ2n) is 3.21. The maximum Gasteiger partial charge on any atom is 0.269 e. The lowest BCUT2D eigenvalue weighted by Crippen LogP contribution is -2.25. The van der Waals surface area contributed by atoms with Crippen molar-refractivity contribution in [3.8, 4) is 0 Å². The van der Waals surface area contributed by atoms with Crippen LogP contribution in [0.4, 0.5) is 0 Å². The van der Waals surface area contributed by atoms with Gasteiger partial charge in [-0.05, 0) is 12.1 Å². The fourth-order valence-electron chi connectivity index (χ4n) is 1.43. The topological polar surface area (TPSA) is 54.1 Å². The number of aromatic amines is 1. The molecule has 4 heteroatoms. The normalized spacial score (nSPS) is 10.5. The molecule has 0 atom stereocenters. The lowest BCUT2D eigenvalue weighted by molar-refractivity contribution is 0.0868. The highest BCUT2D eigenvalue weighted by atomic mass is 16.5. The van der Waals surface area contributed by atoms with E-state index in [-0.39, 0.29) is 12.6 Å². The molecule has 1 aromatic carbocycles. The van der Waals surface area contributed by atoms with Crippen LogP contribution < -0.4 is 5.32 Å². The average molecular weight is 204 g/mol. The predicted octanol–water partition coefficient (Wildman–Crippen LogP) is 1.50. The van der Waals surface area contributed by atoms with Crippen LogP contribution in [-0.4, -0.2) is 24.7 Å². The first-order valence-electron chi connectivity index (χ1n) is 4.66. The maximum atomic E-state index is 11.6. The van der Waals surface area contributed by atoms with Crippen LogP contribution in [-0.2, 0) is 4.74 Å². The van der Waals surface area contributed by atoms with Gasteiger partial charge in [-0.25, -0.2) is 0 Å². The first kappa shape index (κ1) is 9.73. The van der Waals surface area contributed by atoms with Crippen molar-refractivity contribution in [2.45, 2.75) is 0 Å². The molecule has 2 aromatic rings. The molecule has 2 N–H and O–H groups in total. The van der Waals surface area contributed by atoms with E-state index in [0.717, 1.165) is 10.9 Å². The Hall–Kier alpha value is -1.81. The molecule has 0 fully saturated rings. The van der Waals surface area contributed by atoms with E-state index in [9.17, 15) is 4.79 Å². The number of hydrogen-bond acceptors (Lipinski definition) is 2. The number of rotatable bonds is 3. The molecular weight excluding hydrogens is 192 g/mol. The molecule has 1 amide bonds. The van der Waals surface area contributed by atoms with Gasteiger partial charge in [0.15, 0.2) is 0 Å². The number of methoxy groups -OCH3 is 1. The summed E-state index contributed by atoms with van der Waals surface area (Å²) in [5, 5.41) is 3.65. The molecule has 4 nitrogen and oxygen atoms in total. The number of nitrogens with one attached hydrogen (secondary N) is 2. The van der Waals surface area contributed by atoms with Crippen molar-refractivity contribution >= 4 is 16.8 Å². The zero-order valence-corrected chi connectivity index (χ0v) is 8.41. The number of ether oxygens (including phenoxy) is 1. The summed E-state index contributed by atoms with van der Waals surface area (Å²) < 4.78 is 4.76. The average Bonchev–Trinajstić information content (AvgIpc) is 2.69. The Morgan fingerprint density at radius 2 is 2.27 bits per heavy atom. The second-order valence-corrected chi connectivity index (χ2v) is 3.21. The predicted molar refractivity (Wildman–Crippen MR) is 57.6 cm³/mol. The van der Waals surface area contributed by atoms with Crippen molar-refractivity contribution in [1.29, 1.82) is 0 Å². The molecular formula is C11H12N2O2. The van der Waals surface area contributed by atoms with Crippen LogP contribution in [0.1, 0.15) is 10.5 Å². The molecule has 1 heterocycles. The van der Waals surface area contributed by atoms with Crippen LogP contribution in [0.3, 0.4) is 0 Å². The zero-order valence-electron chi connectivity index (χ0n) is 8.41. The first-order valence-corrected chi connectivity index (χ1v) is 4.66. The van der Waals surface area contributed by atoms with Crippen LogP contribution in [0.5, 0.6) is 0 Å². The molecule has 0 bridgehead atoms. The summed E-state index contributed by atoms with van der Waals surface area (Å²) in [5.74, 6) is -0.159. The highest BCUT2D eigenvalue weighted by Crippen LogP contribution is 2.14. The number of amides is 1. The Bertz CT molecular complexity index is 443. The summed E-state index contributed by atoms with van der Waals surface area (Å²) in [7, 11) is 1.53. The Morgan fingerprint density at radius 1 is 1.47 bits per heavy atom. The molecule has 0 saturated carbocycles. The van der Waals surface area contributed by atoms with Gasteiger partial charge in [-0.3, -0.25) is 4.79 Å². The van der Waals surface area contributed by atoms with Crippen molar-refractivity contribution in [1.82, 2.24) is 10.3 Å². The quantitative estimate of drug-likeness (QED) is 0.744. The molecule has 0 unspecified atom stereocenters. The summed E-state index contributed by atoms with van der Waals surface area (Å²) in [6.45, 7) is 0.216. The Balaban J connectivity index is 2.25. The number of H-pyrrole nitrogens is 1. The van der Waals surface area contributed by atoms with Gasteiger partial charge in [-0.15, -0.1) is 0 Å². The molecule has 0 radical (unpaired) electrons. The summed E-state index contributed by atoms with van der Waals surface area (Å²) in [6, 6.07) is 9.57. The molecule has 0 aliphatic heterocycles. The van der Waals surface area contributed by atoms with Gasteiger partial charge in [0.05, 0.1) is 0 Å². The zero-order chi connectivity index (χ0) is 10.7. The third-order valence-electron chi connectivity index (χ3n) is 2.15. The van der Waals surface area contributed by atoms with Crippen molar-refractivity contribution in [3.05, 3.63) is 36.0 Å².